The number of hydrogen-bond acceptors (Lipinski definition) is 15. The number of phenolic OH excluding ortho intramolecular Hbond substituents is 1. The number of aromatic hydroxyl groups is 1. The Bertz CT molecular complexity index is 2300. The summed E-state index contributed by atoms with van der Waals surface area (Å²) in [7, 11) is 0. The van der Waals surface area contributed by atoms with Gasteiger partial charge in [0.25, 0.3) is 0 Å². The Morgan fingerprint density at radius 1 is 0.822 bits per heavy atom. The van der Waals surface area contributed by atoms with Crippen LogP contribution in [0.1, 0.15) is 89.3 Å². The summed E-state index contributed by atoms with van der Waals surface area (Å²) in [5.41, 5.74) is 23.6. The lowest BCUT2D eigenvalue weighted by atomic mass is 9.94. The van der Waals surface area contributed by atoms with Crippen LogP contribution >= 0.6 is 11.8 Å². The summed E-state index contributed by atoms with van der Waals surface area (Å²) in [6.45, 7) is 7.64. The summed E-state index contributed by atoms with van der Waals surface area (Å²) in [5, 5.41) is 22.8. The van der Waals surface area contributed by atoms with Gasteiger partial charge in [0.1, 0.15) is 29.9 Å². The van der Waals surface area contributed by atoms with E-state index in [0.29, 0.717) is 17.5 Å². The van der Waals surface area contributed by atoms with Gasteiger partial charge >= 0.3 is 0 Å². The Labute approximate surface area is 428 Å². The van der Waals surface area contributed by atoms with Gasteiger partial charge in [0.05, 0.1) is 31.6 Å². The van der Waals surface area contributed by atoms with Crippen molar-refractivity contribution in [1.29, 1.82) is 0 Å². The van der Waals surface area contributed by atoms with Crippen LogP contribution in [-0.2, 0) is 65.7 Å². The Morgan fingerprint density at radius 2 is 1.51 bits per heavy atom. The molecule has 23 nitrogen and oxygen atoms in total. The molecule has 7 atom stereocenters. The summed E-state index contributed by atoms with van der Waals surface area (Å²) < 4.78 is 0. The number of benzene rings is 2. The van der Waals surface area contributed by atoms with E-state index in [1.54, 1.807) is 44.2 Å². The number of aryl methyl sites for hydroxylation is 1. The predicted octanol–water partition coefficient (Wildman–Crippen LogP) is -1.46. The molecular formula is C49H71N11O12S. The minimum Gasteiger partial charge on any atom is -0.508 e. The van der Waals surface area contributed by atoms with Gasteiger partial charge in [-0.05, 0) is 67.0 Å². The van der Waals surface area contributed by atoms with Crippen LogP contribution in [0.15, 0.2) is 48.5 Å². The summed E-state index contributed by atoms with van der Waals surface area (Å²) in [5.74, 6) is -10.2. The van der Waals surface area contributed by atoms with Gasteiger partial charge in [-0.3, -0.25) is 52.7 Å². The number of nitrogens with one attached hydrogen (secondary N) is 7. The zero-order valence-electron chi connectivity index (χ0n) is 42.0. The lowest BCUT2D eigenvalue weighted by Gasteiger charge is -2.30. The van der Waals surface area contributed by atoms with Crippen molar-refractivity contribution in [2.45, 2.75) is 129 Å². The number of primary amides is 3. The minimum atomic E-state index is -1.76. The first-order valence-corrected chi connectivity index (χ1v) is 25.2. The molecule has 1 fully saturated rings. The average molecular weight is 1040 g/mol. The smallest absolute Gasteiger partial charge is 0.243 e. The fourth-order valence-electron chi connectivity index (χ4n) is 7.66. The van der Waals surface area contributed by atoms with Gasteiger partial charge in [-0.25, -0.2) is 10.9 Å². The Morgan fingerprint density at radius 3 is 2.12 bits per heavy atom. The number of rotatable bonds is 20. The highest BCUT2D eigenvalue weighted by Gasteiger charge is 2.38. The van der Waals surface area contributed by atoms with Gasteiger partial charge < -0.3 is 53.8 Å². The number of ketones is 2. The molecule has 24 heteroatoms. The lowest BCUT2D eigenvalue weighted by molar-refractivity contribution is -0.142. The van der Waals surface area contributed by atoms with Crippen molar-refractivity contribution in [1.82, 2.24) is 42.3 Å². The van der Waals surface area contributed by atoms with E-state index in [4.69, 9.17) is 17.2 Å². The number of carbonyl (C=O) groups excluding carboxylic acids is 11. The van der Waals surface area contributed by atoms with E-state index >= 15 is 0 Å². The van der Waals surface area contributed by atoms with Gasteiger partial charge in [-0.2, -0.15) is 11.8 Å². The van der Waals surface area contributed by atoms with E-state index in [9.17, 15) is 57.8 Å². The van der Waals surface area contributed by atoms with Crippen LogP contribution in [0.4, 0.5) is 0 Å². The standard InChI is InChI=1S/C49H71N11O12S/c1-6-29(5)43-48(71)56-33(16-17-38(50)62)44(67)45(68)34(22-39(51)63)58-59-37(26-73-18-8-11-41(65)54-36(47(70)57-43)21-30-12-14-32(61)15-13-30)49(72)60(24-31-10-7-9-28(4)20-31)25-42(66)55-35(19-27(2)3)46(69)53-23-40(52)64/h7,9-10,12-15,20,27,29,33-37,43,58-59,61H,6,8,11,16-19,21-26H2,1-5H3,(H2,50,62)(H2,51,63)(H2,52,64)(H,53,69)(H,54,65)(H,55,66)(H,56,71)(H,57,70)/t29-,33-,34-,35-,36-,37-,43-/m0/s1. The lowest BCUT2D eigenvalue weighted by Crippen LogP contribution is -2.61. The molecule has 0 unspecified atom stereocenters. The molecule has 1 aliphatic heterocycles. The van der Waals surface area contributed by atoms with Crippen LogP contribution < -0.4 is 54.6 Å². The molecule has 1 saturated heterocycles. The maximum absolute atomic E-state index is 14.9. The van der Waals surface area contributed by atoms with Crippen LogP contribution in [0, 0.1) is 18.8 Å². The van der Waals surface area contributed by atoms with Crippen molar-refractivity contribution in [3.8, 4) is 5.75 Å². The van der Waals surface area contributed by atoms with Crippen LogP contribution in [0.25, 0.3) is 0 Å². The highest BCUT2D eigenvalue weighted by atomic mass is 32.2. The Kier molecular flexibility index (Phi) is 25.0. The molecular weight excluding hydrogens is 967 g/mol. The Hall–Kier alpha value is -6.92. The number of hydrazine groups is 1. The van der Waals surface area contributed by atoms with Gasteiger partial charge in [0.2, 0.25) is 64.7 Å². The first kappa shape index (κ1) is 60.4. The maximum Gasteiger partial charge on any atom is 0.243 e. The highest BCUT2D eigenvalue weighted by Crippen LogP contribution is 2.17. The average Bonchev–Trinajstić information content (AvgIpc) is 3.32. The second-order valence-corrected chi connectivity index (χ2v) is 19.7. The first-order chi connectivity index (χ1) is 34.5. The van der Waals surface area contributed by atoms with E-state index in [-0.39, 0.29) is 55.4 Å². The van der Waals surface area contributed by atoms with Crippen molar-refractivity contribution < 1.29 is 57.8 Å². The molecule has 0 bridgehead atoms. The zero-order chi connectivity index (χ0) is 54.4. The number of thioether (sulfide) groups is 1. The number of Topliss-reactive ketones (excluding diaryl/α,β-unsaturated/α-hetero) is 2. The van der Waals surface area contributed by atoms with Crippen molar-refractivity contribution in [2.24, 2.45) is 29.0 Å². The summed E-state index contributed by atoms with van der Waals surface area (Å²) in [6.07, 6.45) is -1.17. The molecule has 1 aliphatic rings. The minimum absolute atomic E-state index is 0.0328. The topological polar surface area (TPSA) is 374 Å². The van der Waals surface area contributed by atoms with Gasteiger partial charge in [-0.15, -0.1) is 0 Å². The summed E-state index contributed by atoms with van der Waals surface area (Å²) in [6, 6.07) is 4.52. The third kappa shape index (κ3) is 21.4. The van der Waals surface area contributed by atoms with E-state index in [1.807, 2.05) is 26.8 Å². The molecule has 73 heavy (non-hydrogen) atoms. The SMILES string of the molecule is CC[C@H](C)[C@@H]1NC(=O)[C@H](Cc2ccc(O)cc2)NC(=O)CCCSC[C@@H](C(=O)N(CC(=O)N[C@@H](CC(C)C)C(=O)NCC(N)=O)Cc2cccc(C)c2)NN[C@@H](CC(N)=O)C(=O)C(=O)[C@H](CCC(N)=O)NC1=O. The molecule has 0 saturated carbocycles. The summed E-state index contributed by atoms with van der Waals surface area (Å²) >= 11 is 1.19. The van der Waals surface area contributed by atoms with Crippen molar-refractivity contribution in [3.05, 3.63) is 65.2 Å². The normalized spacial score (nSPS) is 20.6. The maximum atomic E-state index is 14.9. The second kappa shape index (κ2) is 30.2. The predicted molar refractivity (Wildman–Crippen MR) is 270 cm³/mol. The molecule has 400 valence electrons. The van der Waals surface area contributed by atoms with E-state index in [1.165, 1.54) is 28.8 Å². The van der Waals surface area contributed by atoms with E-state index in [2.05, 4.69) is 37.4 Å². The number of nitrogens with zero attached hydrogens (tertiary/aromatic N) is 1. The molecule has 3 rings (SSSR count). The number of nitrogens with two attached hydrogens (primary N) is 3. The molecule has 1 heterocycles. The van der Waals surface area contributed by atoms with E-state index < -0.39 is 139 Å². The molecule has 9 amide bonds. The molecule has 14 N–H and O–H groups in total. The largest absolute Gasteiger partial charge is 0.508 e. The zero-order valence-corrected chi connectivity index (χ0v) is 42.8. The van der Waals surface area contributed by atoms with Crippen molar-refractivity contribution in [3.63, 3.8) is 0 Å². The fraction of sp³-hybridized carbons (Fsp3) is 0.531. The number of amides is 9. The van der Waals surface area contributed by atoms with Crippen LogP contribution in [-0.4, -0.2) is 136 Å². The van der Waals surface area contributed by atoms with Gasteiger partial charge in [0.15, 0.2) is 0 Å². The van der Waals surface area contributed by atoms with Crippen molar-refractivity contribution in [2.75, 3.05) is 24.6 Å². The Balaban J connectivity index is 2.11. The first-order valence-electron chi connectivity index (χ1n) is 24.1. The highest BCUT2D eigenvalue weighted by molar-refractivity contribution is 7.99. The van der Waals surface area contributed by atoms with Gasteiger partial charge in [0, 0.05) is 31.6 Å². The quantitative estimate of drug-likeness (QED) is 0.0676. The third-order valence-electron chi connectivity index (χ3n) is 11.7. The summed E-state index contributed by atoms with van der Waals surface area (Å²) in [4.78, 5) is 149. The fourth-order valence-corrected chi connectivity index (χ4v) is 8.64. The molecule has 0 spiro atoms. The van der Waals surface area contributed by atoms with Gasteiger partial charge in [-0.1, -0.05) is 76.1 Å². The number of hydrogen-bond donors (Lipinski definition) is 11. The third-order valence-corrected chi connectivity index (χ3v) is 12.8. The number of carbonyl (C=O) groups is 11. The van der Waals surface area contributed by atoms with Crippen LogP contribution in [0.3, 0.4) is 0 Å². The molecule has 2 aromatic rings. The molecule has 0 aromatic heterocycles. The van der Waals surface area contributed by atoms with E-state index in [0.717, 1.165) is 5.56 Å². The molecule has 0 radical (unpaired) electrons. The van der Waals surface area contributed by atoms with Crippen molar-refractivity contribution >= 4 is 76.5 Å². The number of phenols is 1. The van der Waals surface area contributed by atoms with Crippen LogP contribution in [0.2, 0.25) is 0 Å². The monoisotopic (exact) mass is 1040 g/mol. The molecule has 0 aliphatic carbocycles. The second-order valence-electron chi connectivity index (χ2n) is 18.5. The molecule has 2 aromatic carbocycles. The van der Waals surface area contributed by atoms with Crippen LogP contribution in [0.5, 0.6) is 5.75 Å².